The van der Waals surface area contributed by atoms with Gasteiger partial charge >= 0.3 is 5.76 Å². The maximum atomic E-state index is 13.1. The van der Waals surface area contributed by atoms with Crippen LogP contribution in [0.5, 0.6) is 5.75 Å². The van der Waals surface area contributed by atoms with E-state index in [0.29, 0.717) is 36.4 Å². The van der Waals surface area contributed by atoms with Crippen LogP contribution in [0.15, 0.2) is 56.6 Å². The minimum atomic E-state index is -3.77. The van der Waals surface area contributed by atoms with E-state index in [1.54, 1.807) is 25.2 Å². The van der Waals surface area contributed by atoms with Gasteiger partial charge < -0.3 is 14.5 Å². The number of para-hydroxylation sites is 2. The van der Waals surface area contributed by atoms with Crippen LogP contribution in [-0.2, 0) is 21.9 Å². The molecule has 1 amide bonds. The lowest BCUT2D eigenvalue weighted by Crippen LogP contribution is -2.41. The smallest absolute Gasteiger partial charge is 0.419 e. The van der Waals surface area contributed by atoms with Crippen LogP contribution in [-0.4, -0.2) is 42.9 Å². The number of carbonyl (C=O) groups excluding carboxylic acids is 1. The molecule has 3 aromatic rings. The van der Waals surface area contributed by atoms with Gasteiger partial charge in [-0.2, -0.15) is 4.31 Å². The maximum Gasteiger partial charge on any atom is 0.419 e. The Labute approximate surface area is 185 Å². The number of benzene rings is 2. The number of hydrogen-bond donors (Lipinski definition) is 1. The van der Waals surface area contributed by atoms with Crippen molar-refractivity contribution in [1.29, 1.82) is 0 Å². The van der Waals surface area contributed by atoms with E-state index in [1.165, 1.54) is 21.0 Å². The summed E-state index contributed by atoms with van der Waals surface area (Å²) in [5.41, 5.74) is 1.35. The van der Waals surface area contributed by atoms with Gasteiger partial charge in [-0.3, -0.25) is 9.36 Å². The van der Waals surface area contributed by atoms with E-state index >= 15 is 0 Å². The molecular weight excluding hydrogens is 434 g/mol. The fourth-order valence-corrected chi connectivity index (χ4v) is 5.35. The van der Waals surface area contributed by atoms with Crippen molar-refractivity contribution < 1.29 is 22.4 Å². The van der Waals surface area contributed by atoms with Gasteiger partial charge in [0.15, 0.2) is 5.58 Å². The molecule has 0 saturated carbocycles. The first-order chi connectivity index (χ1) is 15.3. The summed E-state index contributed by atoms with van der Waals surface area (Å²) >= 11 is 0. The van der Waals surface area contributed by atoms with Crippen molar-refractivity contribution in [1.82, 2.24) is 8.87 Å². The van der Waals surface area contributed by atoms with Gasteiger partial charge in [0, 0.05) is 32.1 Å². The molecule has 1 aliphatic rings. The molecule has 32 heavy (non-hydrogen) atoms. The third-order valence-corrected chi connectivity index (χ3v) is 7.57. The van der Waals surface area contributed by atoms with Gasteiger partial charge in [-0.15, -0.1) is 0 Å². The highest BCUT2D eigenvalue weighted by molar-refractivity contribution is 7.89. The number of piperidine rings is 1. The number of amides is 1. The van der Waals surface area contributed by atoms with Crippen molar-refractivity contribution in [2.45, 2.75) is 24.7 Å². The lowest BCUT2D eigenvalue weighted by Gasteiger charge is -2.30. The molecule has 0 radical (unpaired) electrons. The van der Waals surface area contributed by atoms with Gasteiger partial charge in [-0.25, -0.2) is 13.2 Å². The zero-order valence-electron chi connectivity index (χ0n) is 17.9. The fourth-order valence-electron chi connectivity index (χ4n) is 3.87. The monoisotopic (exact) mass is 459 g/mol. The minimum Gasteiger partial charge on any atom is -0.492 e. The molecule has 2 aromatic carbocycles. The molecule has 0 bridgehead atoms. The highest BCUT2D eigenvalue weighted by Gasteiger charge is 2.32. The number of nitrogens with zero attached hydrogens (tertiary/aromatic N) is 2. The largest absolute Gasteiger partial charge is 0.492 e. The molecule has 0 unspecified atom stereocenters. The lowest BCUT2D eigenvalue weighted by atomic mass is 9.97. The molecule has 0 aliphatic carbocycles. The molecule has 0 spiro atoms. The molecule has 10 heteroatoms. The predicted octanol–water partition coefficient (Wildman–Crippen LogP) is 2.57. The normalized spacial score (nSPS) is 15.7. The van der Waals surface area contributed by atoms with Crippen molar-refractivity contribution in [2.24, 2.45) is 13.0 Å². The number of hydrogen-bond acceptors (Lipinski definition) is 6. The summed E-state index contributed by atoms with van der Waals surface area (Å²) in [6.07, 6.45) is 0.815. The Hall–Kier alpha value is -3.11. The highest BCUT2D eigenvalue weighted by atomic mass is 32.2. The first-order valence-electron chi connectivity index (χ1n) is 10.4. The summed E-state index contributed by atoms with van der Waals surface area (Å²) < 4.78 is 39.5. The molecule has 2 heterocycles. The number of sulfonamides is 1. The quantitative estimate of drug-likeness (QED) is 0.607. The summed E-state index contributed by atoms with van der Waals surface area (Å²) in [4.78, 5) is 24.5. The Morgan fingerprint density at radius 1 is 1.19 bits per heavy atom. The molecule has 1 N–H and O–H groups in total. The molecule has 4 rings (SSSR count). The standard InChI is InChI=1S/C22H25N3O6S/c1-3-30-19-7-5-4-6-17(19)23-21(26)15-10-12-25(13-11-15)32(28,29)16-8-9-18-20(14-16)31-22(27)24(18)2/h4-9,14-15H,3,10-13H2,1-2H3,(H,23,26). The van der Waals surface area contributed by atoms with Gasteiger partial charge in [0.2, 0.25) is 15.9 Å². The first kappa shape index (κ1) is 22.1. The Bertz CT molecular complexity index is 1300. The average molecular weight is 460 g/mol. The van der Waals surface area contributed by atoms with Gasteiger partial charge in [0.1, 0.15) is 5.75 Å². The van der Waals surface area contributed by atoms with E-state index in [1.807, 2.05) is 19.1 Å². The molecule has 0 atom stereocenters. The number of carbonyl (C=O) groups is 1. The number of aryl methyl sites for hydroxylation is 1. The van der Waals surface area contributed by atoms with Crippen molar-refractivity contribution in [3.8, 4) is 5.75 Å². The van der Waals surface area contributed by atoms with Crippen LogP contribution < -0.4 is 15.8 Å². The first-order valence-corrected chi connectivity index (χ1v) is 11.9. The highest BCUT2D eigenvalue weighted by Crippen LogP contribution is 2.28. The van der Waals surface area contributed by atoms with Crippen LogP contribution in [0.3, 0.4) is 0 Å². The summed E-state index contributed by atoms with van der Waals surface area (Å²) in [6.45, 7) is 2.81. The van der Waals surface area contributed by atoms with Gasteiger partial charge in [0.25, 0.3) is 0 Å². The van der Waals surface area contributed by atoms with Crippen LogP contribution in [0.4, 0.5) is 5.69 Å². The van der Waals surface area contributed by atoms with Crippen molar-refractivity contribution >= 4 is 32.7 Å². The van der Waals surface area contributed by atoms with Crippen LogP contribution in [0.25, 0.3) is 11.1 Å². The van der Waals surface area contributed by atoms with E-state index in [4.69, 9.17) is 9.15 Å². The third-order valence-electron chi connectivity index (χ3n) is 5.67. The van der Waals surface area contributed by atoms with E-state index < -0.39 is 15.8 Å². The second kappa shape index (κ2) is 8.79. The Kier molecular flexibility index (Phi) is 6.07. The predicted molar refractivity (Wildman–Crippen MR) is 119 cm³/mol. The zero-order chi connectivity index (χ0) is 22.9. The minimum absolute atomic E-state index is 0.0629. The number of aromatic nitrogens is 1. The molecule has 1 aromatic heterocycles. The van der Waals surface area contributed by atoms with Crippen molar-refractivity contribution in [3.63, 3.8) is 0 Å². The molecule has 1 saturated heterocycles. The summed E-state index contributed by atoms with van der Waals surface area (Å²) in [5.74, 6) is -0.397. The number of fused-ring (bicyclic) bond motifs is 1. The summed E-state index contributed by atoms with van der Waals surface area (Å²) in [5, 5.41) is 2.90. The SMILES string of the molecule is CCOc1ccccc1NC(=O)C1CCN(S(=O)(=O)c2ccc3c(c2)oc(=O)n3C)CC1. The van der Waals surface area contributed by atoms with Gasteiger partial charge in [0.05, 0.1) is 22.7 Å². The zero-order valence-corrected chi connectivity index (χ0v) is 18.7. The Morgan fingerprint density at radius 3 is 2.62 bits per heavy atom. The van der Waals surface area contributed by atoms with Crippen LogP contribution in [0.2, 0.25) is 0 Å². The third kappa shape index (κ3) is 4.15. The Morgan fingerprint density at radius 2 is 1.91 bits per heavy atom. The summed E-state index contributed by atoms with van der Waals surface area (Å²) in [6, 6.07) is 11.6. The summed E-state index contributed by atoms with van der Waals surface area (Å²) in [7, 11) is -2.21. The van der Waals surface area contributed by atoms with E-state index in [9.17, 15) is 18.0 Å². The van der Waals surface area contributed by atoms with Crippen molar-refractivity contribution in [3.05, 3.63) is 53.0 Å². The number of anilines is 1. The second-order valence-corrected chi connectivity index (χ2v) is 9.59. The molecule has 9 nitrogen and oxygen atoms in total. The molecular formula is C22H25N3O6S. The molecule has 1 aliphatic heterocycles. The number of nitrogens with one attached hydrogen (secondary N) is 1. The number of rotatable bonds is 6. The van der Waals surface area contributed by atoms with Gasteiger partial charge in [-0.05, 0) is 44.0 Å². The molecule has 170 valence electrons. The topological polar surface area (TPSA) is 111 Å². The second-order valence-electron chi connectivity index (χ2n) is 7.65. The van der Waals surface area contributed by atoms with Crippen LogP contribution >= 0.6 is 0 Å². The Balaban J connectivity index is 1.44. The average Bonchev–Trinajstić information content (AvgIpc) is 3.08. The van der Waals surface area contributed by atoms with Crippen LogP contribution in [0.1, 0.15) is 19.8 Å². The van der Waals surface area contributed by atoms with Crippen LogP contribution in [0, 0.1) is 5.92 Å². The molecule has 1 fully saturated rings. The van der Waals surface area contributed by atoms with Gasteiger partial charge in [-0.1, -0.05) is 12.1 Å². The number of oxazole rings is 1. The fraction of sp³-hybridized carbons (Fsp3) is 0.364. The number of ether oxygens (including phenoxy) is 1. The maximum absolute atomic E-state index is 13.1. The van der Waals surface area contributed by atoms with E-state index in [-0.39, 0.29) is 35.4 Å². The van der Waals surface area contributed by atoms with E-state index in [2.05, 4.69) is 5.32 Å². The van der Waals surface area contributed by atoms with Crippen molar-refractivity contribution in [2.75, 3.05) is 25.0 Å². The van der Waals surface area contributed by atoms with E-state index in [0.717, 1.165) is 0 Å². The lowest BCUT2D eigenvalue weighted by molar-refractivity contribution is -0.120.